The van der Waals surface area contributed by atoms with E-state index in [9.17, 15) is 13.6 Å². The fourth-order valence-corrected chi connectivity index (χ4v) is 3.11. The molecule has 2 heterocycles. The monoisotopic (exact) mass is 383 g/mol. The molecule has 1 amide bonds. The quantitative estimate of drug-likeness (QED) is 0.715. The van der Waals surface area contributed by atoms with Crippen LogP contribution in [0.15, 0.2) is 41.6 Å². The third kappa shape index (κ3) is 4.31. The maximum Gasteiger partial charge on any atom is 0.243 e. The van der Waals surface area contributed by atoms with Gasteiger partial charge in [-0.15, -0.1) is 0 Å². The van der Waals surface area contributed by atoms with E-state index in [2.05, 4.69) is 22.8 Å². The molecule has 1 unspecified atom stereocenters. The van der Waals surface area contributed by atoms with Gasteiger partial charge in [0.1, 0.15) is 17.7 Å². The molecule has 1 aromatic carbocycles. The molecule has 0 N–H and O–H groups in total. The number of allylic oxidation sites excluding steroid dienone is 1. The lowest BCUT2D eigenvalue weighted by Crippen LogP contribution is -2.27. The van der Waals surface area contributed by atoms with E-state index in [1.807, 2.05) is 0 Å². The SMILES string of the molecule is C=C(CCC(=O)N1N=CCC1c1cc(F)cc(F)c1)Cn1cc(C#N)c(C)n1. The lowest BCUT2D eigenvalue weighted by molar-refractivity contribution is -0.133. The van der Waals surface area contributed by atoms with Crippen LogP contribution >= 0.6 is 0 Å². The maximum atomic E-state index is 13.5. The zero-order chi connectivity index (χ0) is 20.3. The van der Waals surface area contributed by atoms with Gasteiger partial charge < -0.3 is 0 Å². The molecular weight excluding hydrogens is 364 g/mol. The third-order valence-electron chi connectivity index (χ3n) is 4.50. The Morgan fingerprint density at radius 3 is 2.68 bits per heavy atom. The van der Waals surface area contributed by atoms with Crippen LogP contribution in [0.25, 0.3) is 0 Å². The van der Waals surface area contributed by atoms with Crippen molar-refractivity contribution >= 4 is 12.1 Å². The van der Waals surface area contributed by atoms with Crippen LogP contribution < -0.4 is 0 Å². The normalized spacial score (nSPS) is 15.6. The number of hydrogen-bond acceptors (Lipinski definition) is 4. The minimum absolute atomic E-state index is 0.163. The molecule has 0 saturated carbocycles. The highest BCUT2D eigenvalue weighted by molar-refractivity contribution is 5.80. The summed E-state index contributed by atoms with van der Waals surface area (Å²) in [6, 6.07) is 4.77. The zero-order valence-corrected chi connectivity index (χ0v) is 15.4. The van der Waals surface area contributed by atoms with Gasteiger partial charge in [0.15, 0.2) is 0 Å². The number of nitrogens with zero attached hydrogens (tertiary/aromatic N) is 5. The average Bonchev–Trinajstić information content (AvgIpc) is 3.25. The van der Waals surface area contributed by atoms with Crippen molar-refractivity contribution in [1.29, 1.82) is 5.26 Å². The average molecular weight is 383 g/mol. The van der Waals surface area contributed by atoms with E-state index >= 15 is 0 Å². The molecule has 0 saturated heterocycles. The van der Waals surface area contributed by atoms with Crippen molar-refractivity contribution in [3.05, 3.63) is 65.0 Å². The number of hydrazone groups is 1. The number of halogens is 2. The van der Waals surface area contributed by atoms with Crippen LogP contribution in [0.2, 0.25) is 0 Å². The molecule has 3 rings (SSSR count). The van der Waals surface area contributed by atoms with Crippen molar-refractivity contribution in [3.8, 4) is 6.07 Å². The summed E-state index contributed by atoms with van der Waals surface area (Å²) in [6.45, 7) is 6.11. The van der Waals surface area contributed by atoms with Crippen LogP contribution in [0.4, 0.5) is 8.78 Å². The van der Waals surface area contributed by atoms with Crippen LogP contribution in [-0.2, 0) is 11.3 Å². The predicted octanol–water partition coefficient (Wildman–Crippen LogP) is 3.64. The van der Waals surface area contributed by atoms with Gasteiger partial charge in [0.2, 0.25) is 5.91 Å². The Hall–Kier alpha value is -3.34. The first kappa shape index (κ1) is 19.4. The van der Waals surface area contributed by atoms with Crippen LogP contribution in [0.3, 0.4) is 0 Å². The molecule has 28 heavy (non-hydrogen) atoms. The van der Waals surface area contributed by atoms with Gasteiger partial charge in [-0.2, -0.15) is 15.5 Å². The summed E-state index contributed by atoms with van der Waals surface area (Å²) in [4.78, 5) is 12.6. The van der Waals surface area contributed by atoms with Gasteiger partial charge >= 0.3 is 0 Å². The first-order valence-electron chi connectivity index (χ1n) is 8.78. The molecule has 8 heteroatoms. The van der Waals surface area contributed by atoms with Crippen LogP contribution in [-0.4, -0.2) is 26.9 Å². The highest BCUT2D eigenvalue weighted by Gasteiger charge is 2.28. The maximum absolute atomic E-state index is 13.5. The first-order chi connectivity index (χ1) is 13.4. The first-order valence-corrected chi connectivity index (χ1v) is 8.78. The summed E-state index contributed by atoms with van der Waals surface area (Å²) in [5, 5.41) is 18.6. The smallest absolute Gasteiger partial charge is 0.243 e. The van der Waals surface area contributed by atoms with Crippen LogP contribution in [0.1, 0.15) is 42.1 Å². The van der Waals surface area contributed by atoms with Crippen LogP contribution in [0.5, 0.6) is 0 Å². The lowest BCUT2D eigenvalue weighted by atomic mass is 10.0. The minimum Gasteiger partial charge on any atom is -0.273 e. The number of carbonyl (C=O) groups is 1. The molecule has 6 nitrogen and oxygen atoms in total. The van der Waals surface area contributed by atoms with Crippen molar-refractivity contribution in [2.45, 2.75) is 38.8 Å². The summed E-state index contributed by atoms with van der Waals surface area (Å²) in [7, 11) is 0. The lowest BCUT2D eigenvalue weighted by Gasteiger charge is -2.22. The van der Waals surface area contributed by atoms with Gasteiger partial charge in [-0.05, 0) is 31.0 Å². The Morgan fingerprint density at radius 1 is 1.32 bits per heavy atom. The van der Waals surface area contributed by atoms with E-state index in [0.29, 0.717) is 36.2 Å². The Labute approximate surface area is 161 Å². The molecule has 144 valence electrons. The predicted molar refractivity (Wildman–Crippen MR) is 99.1 cm³/mol. The highest BCUT2D eigenvalue weighted by atomic mass is 19.1. The van der Waals surface area contributed by atoms with Gasteiger partial charge in [0.25, 0.3) is 0 Å². The van der Waals surface area contributed by atoms with Gasteiger partial charge in [0.05, 0.1) is 23.8 Å². The van der Waals surface area contributed by atoms with E-state index in [0.717, 1.165) is 11.6 Å². The second kappa shape index (κ2) is 8.13. The summed E-state index contributed by atoms with van der Waals surface area (Å²) in [6.07, 6.45) is 4.18. The molecule has 0 fully saturated rings. The van der Waals surface area contributed by atoms with Crippen molar-refractivity contribution < 1.29 is 13.6 Å². The Morgan fingerprint density at radius 2 is 2.04 bits per heavy atom. The molecule has 2 aromatic rings. The van der Waals surface area contributed by atoms with Crippen molar-refractivity contribution in [2.24, 2.45) is 5.10 Å². The number of amides is 1. The number of carbonyl (C=O) groups excluding carboxylic acids is 1. The summed E-state index contributed by atoms with van der Waals surface area (Å²) >= 11 is 0. The molecule has 0 aliphatic carbocycles. The molecule has 0 radical (unpaired) electrons. The summed E-state index contributed by atoms with van der Waals surface area (Å²) in [5.74, 6) is -1.62. The fraction of sp³-hybridized carbons (Fsp3) is 0.300. The number of rotatable bonds is 6. The second-order valence-electron chi connectivity index (χ2n) is 6.68. The van der Waals surface area contributed by atoms with Crippen molar-refractivity contribution in [1.82, 2.24) is 14.8 Å². The van der Waals surface area contributed by atoms with E-state index in [1.165, 1.54) is 17.1 Å². The topological polar surface area (TPSA) is 74.3 Å². The Bertz CT molecular complexity index is 969. The fourth-order valence-electron chi connectivity index (χ4n) is 3.11. The van der Waals surface area contributed by atoms with Gasteiger partial charge in [0, 0.05) is 31.3 Å². The summed E-state index contributed by atoms with van der Waals surface area (Å²) in [5.41, 5.74) is 2.29. The molecule has 1 atom stereocenters. The van der Waals surface area contributed by atoms with E-state index in [1.54, 1.807) is 24.0 Å². The summed E-state index contributed by atoms with van der Waals surface area (Å²) < 4.78 is 28.6. The number of hydrogen-bond donors (Lipinski definition) is 0. The van der Waals surface area contributed by atoms with E-state index in [-0.39, 0.29) is 12.3 Å². The van der Waals surface area contributed by atoms with E-state index in [4.69, 9.17) is 5.26 Å². The van der Waals surface area contributed by atoms with E-state index < -0.39 is 17.7 Å². The Kier molecular flexibility index (Phi) is 5.64. The highest BCUT2D eigenvalue weighted by Crippen LogP contribution is 2.30. The van der Waals surface area contributed by atoms with Crippen LogP contribution in [0, 0.1) is 29.9 Å². The number of nitriles is 1. The molecule has 0 spiro atoms. The van der Waals surface area contributed by atoms with Crippen molar-refractivity contribution in [2.75, 3.05) is 0 Å². The largest absolute Gasteiger partial charge is 0.273 e. The van der Waals surface area contributed by atoms with Gasteiger partial charge in [-0.1, -0.05) is 12.2 Å². The number of aryl methyl sites for hydroxylation is 1. The zero-order valence-electron chi connectivity index (χ0n) is 15.4. The van der Waals surface area contributed by atoms with Gasteiger partial charge in [-0.25, -0.2) is 13.8 Å². The van der Waals surface area contributed by atoms with Crippen molar-refractivity contribution in [3.63, 3.8) is 0 Å². The minimum atomic E-state index is -0.686. The Balaban J connectivity index is 1.59. The van der Waals surface area contributed by atoms with Gasteiger partial charge in [-0.3, -0.25) is 9.48 Å². The number of benzene rings is 1. The second-order valence-corrected chi connectivity index (χ2v) is 6.68. The molecule has 1 aromatic heterocycles. The molecule has 1 aliphatic rings. The number of aromatic nitrogens is 2. The molecule has 1 aliphatic heterocycles. The molecular formula is C20H19F2N5O. The molecule has 0 bridgehead atoms. The standard InChI is InChI=1S/C20H19F2N5O/c1-13(11-26-12-16(10-23)14(2)25-26)3-4-20(28)27-19(5-6-24-27)15-7-17(21)9-18(22)8-15/h6-9,12,19H,1,3-5,11H2,2H3. The third-order valence-corrected chi connectivity index (χ3v) is 4.50.